The maximum Gasteiger partial charge on any atom is 0.401 e. The van der Waals surface area contributed by atoms with Crippen molar-refractivity contribution in [3.63, 3.8) is 0 Å². The van der Waals surface area contributed by atoms with Crippen molar-refractivity contribution in [1.82, 2.24) is 9.80 Å². The molecule has 0 aromatic heterocycles. The van der Waals surface area contributed by atoms with E-state index in [-0.39, 0.29) is 0 Å². The lowest BCUT2D eigenvalue weighted by Crippen LogP contribution is -2.49. The first-order valence-corrected chi connectivity index (χ1v) is 5.80. The third kappa shape index (κ3) is 6.82. The van der Waals surface area contributed by atoms with Crippen LogP contribution in [0.4, 0.5) is 13.2 Å². The number of alkyl halides is 3. The van der Waals surface area contributed by atoms with E-state index in [4.69, 9.17) is 10.5 Å². The smallest absolute Gasteiger partial charge is 0.379 e. The van der Waals surface area contributed by atoms with E-state index in [0.717, 1.165) is 6.54 Å². The molecule has 17 heavy (non-hydrogen) atoms. The van der Waals surface area contributed by atoms with Gasteiger partial charge in [0.25, 0.3) is 0 Å². The molecule has 1 fully saturated rings. The summed E-state index contributed by atoms with van der Waals surface area (Å²) >= 11 is 0. The van der Waals surface area contributed by atoms with Gasteiger partial charge in [-0.1, -0.05) is 0 Å². The van der Waals surface area contributed by atoms with Crippen LogP contribution in [0.1, 0.15) is 0 Å². The van der Waals surface area contributed by atoms with Crippen molar-refractivity contribution in [2.24, 2.45) is 5.73 Å². The first-order chi connectivity index (χ1) is 8.01. The van der Waals surface area contributed by atoms with E-state index in [9.17, 15) is 13.2 Å². The monoisotopic (exact) mass is 255 g/mol. The Morgan fingerprint density at radius 3 is 2.12 bits per heavy atom. The normalized spacial score (nSPS) is 19.8. The largest absolute Gasteiger partial charge is 0.401 e. The Balaban J connectivity index is 2.09. The quantitative estimate of drug-likeness (QED) is 0.686. The van der Waals surface area contributed by atoms with Gasteiger partial charge in [0.15, 0.2) is 0 Å². The molecule has 1 rings (SSSR count). The lowest BCUT2D eigenvalue weighted by molar-refractivity contribution is -0.149. The van der Waals surface area contributed by atoms with Crippen molar-refractivity contribution in [3.8, 4) is 0 Å². The van der Waals surface area contributed by atoms with Crippen LogP contribution in [0.25, 0.3) is 0 Å². The minimum atomic E-state index is -4.09. The number of nitrogens with zero attached hydrogens (tertiary/aromatic N) is 2. The van der Waals surface area contributed by atoms with Gasteiger partial charge in [-0.3, -0.25) is 9.80 Å². The van der Waals surface area contributed by atoms with Crippen LogP contribution in [0.15, 0.2) is 0 Å². The lowest BCUT2D eigenvalue weighted by Gasteiger charge is -2.34. The van der Waals surface area contributed by atoms with Crippen LogP contribution in [-0.4, -0.2) is 75.0 Å². The minimum absolute atomic E-state index is 0.469. The summed E-state index contributed by atoms with van der Waals surface area (Å²) in [5.74, 6) is 0. The van der Waals surface area contributed by atoms with E-state index < -0.39 is 12.7 Å². The second kappa shape index (κ2) is 7.15. The number of hydrogen-bond donors (Lipinski definition) is 1. The molecule has 7 heteroatoms. The summed E-state index contributed by atoms with van der Waals surface area (Å²) < 4.78 is 41.6. The predicted molar refractivity (Wildman–Crippen MR) is 58.8 cm³/mol. The molecule has 0 aliphatic carbocycles. The van der Waals surface area contributed by atoms with Crippen LogP contribution in [0.3, 0.4) is 0 Å². The number of piperazine rings is 1. The fourth-order valence-electron chi connectivity index (χ4n) is 1.80. The van der Waals surface area contributed by atoms with Crippen molar-refractivity contribution >= 4 is 0 Å². The summed E-state index contributed by atoms with van der Waals surface area (Å²) in [5, 5.41) is 0. The first-order valence-electron chi connectivity index (χ1n) is 5.80. The van der Waals surface area contributed by atoms with Gasteiger partial charge in [-0.2, -0.15) is 13.2 Å². The molecule has 102 valence electrons. The molecule has 1 saturated heterocycles. The van der Waals surface area contributed by atoms with Crippen molar-refractivity contribution in [1.29, 1.82) is 0 Å². The highest BCUT2D eigenvalue weighted by molar-refractivity contribution is 4.73. The Morgan fingerprint density at radius 2 is 1.59 bits per heavy atom. The van der Waals surface area contributed by atoms with Gasteiger partial charge in [0.2, 0.25) is 0 Å². The van der Waals surface area contributed by atoms with Gasteiger partial charge in [-0.15, -0.1) is 0 Å². The van der Waals surface area contributed by atoms with Crippen LogP contribution < -0.4 is 5.73 Å². The fourth-order valence-corrected chi connectivity index (χ4v) is 1.80. The van der Waals surface area contributed by atoms with Gasteiger partial charge in [-0.25, -0.2) is 0 Å². The maximum absolute atomic E-state index is 12.1. The molecule has 0 saturated carbocycles. The van der Waals surface area contributed by atoms with Gasteiger partial charge in [0.1, 0.15) is 0 Å². The van der Waals surface area contributed by atoms with E-state index >= 15 is 0 Å². The highest BCUT2D eigenvalue weighted by atomic mass is 19.4. The standard InChI is InChI=1S/C10H20F3N3O/c11-10(12,13)9-16-4-2-15(3-5-16)6-8-17-7-1-14/h1-9,14H2. The Labute approximate surface area is 99.5 Å². The molecule has 0 aromatic carbocycles. The molecule has 1 aliphatic heterocycles. The second-order valence-electron chi connectivity index (χ2n) is 4.13. The zero-order valence-corrected chi connectivity index (χ0v) is 9.88. The van der Waals surface area contributed by atoms with Crippen molar-refractivity contribution in [2.75, 3.05) is 59.0 Å². The number of rotatable bonds is 6. The maximum atomic E-state index is 12.1. The highest BCUT2D eigenvalue weighted by Gasteiger charge is 2.31. The van der Waals surface area contributed by atoms with Gasteiger partial charge in [0, 0.05) is 39.3 Å². The summed E-state index contributed by atoms with van der Waals surface area (Å²) in [6, 6.07) is 0. The highest BCUT2D eigenvalue weighted by Crippen LogP contribution is 2.17. The molecule has 0 aromatic rings. The second-order valence-corrected chi connectivity index (χ2v) is 4.13. The number of halogens is 3. The number of hydrogen-bond acceptors (Lipinski definition) is 4. The number of nitrogens with two attached hydrogens (primary N) is 1. The van der Waals surface area contributed by atoms with Crippen LogP contribution >= 0.6 is 0 Å². The van der Waals surface area contributed by atoms with Crippen molar-refractivity contribution < 1.29 is 17.9 Å². The molecule has 0 radical (unpaired) electrons. The van der Waals surface area contributed by atoms with Gasteiger partial charge in [0.05, 0.1) is 19.8 Å². The zero-order valence-electron chi connectivity index (χ0n) is 9.88. The molecular formula is C10H20F3N3O. The van der Waals surface area contributed by atoms with Gasteiger partial charge in [-0.05, 0) is 0 Å². The summed E-state index contributed by atoms with van der Waals surface area (Å²) in [6.07, 6.45) is -4.09. The summed E-state index contributed by atoms with van der Waals surface area (Å²) in [7, 11) is 0. The molecular weight excluding hydrogens is 235 g/mol. The molecule has 0 bridgehead atoms. The van der Waals surface area contributed by atoms with Crippen LogP contribution in [0.2, 0.25) is 0 Å². The fraction of sp³-hybridized carbons (Fsp3) is 1.00. The molecule has 0 spiro atoms. The van der Waals surface area contributed by atoms with Crippen molar-refractivity contribution in [3.05, 3.63) is 0 Å². The van der Waals surface area contributed by atoms with Crippen LogP contribution in [0, 0.1) is 0 Å². The van der Waals surface area contributed by atoms with Crippen LogP contribution in [-0.2, 0) is 4.74 Å². The van der Waals surface area contributed by atoms with E-state index in [0.29, 0.717) is 45.9 Å². The Kier molecular flexibility index (Phi) is 6.18. The summed E-state index contributed by atoms with van der Waals surface area (Å²) in [4.78, 5) is 3.56. The third-order valence-electron chi connectivity index (χ3n) is 2.68. The first kappa shape index (κ1) is 14.7. The predicted octanol–water partition coefficient (Wildman–Crippen LogP) is 0.142. The SMILES string of the molecule is NCCOCCN1CCN(CC(F)(F)F)CC1. The topological polar surface area (TPSA) is 41.7 Å². The summed E-state index contributed by atoms with van der Waals surface area (Å²) in [5.41, 5.74) is 5.27. The molecule has 1 heterocycles. The Bertz CT molecular complexity index is 205. The van der Waals surface area contributed by atoms with E-state index in [1.807, 2.05) is 0 Å². The van der Waals surface area contributed by atoms with Crippen LogP contribution in [0.5, 0.6) is 0 Å². The number of ether oxygens (including phenoxy) is 1. The lowest BCUT2D eigenvalue weighted by atomic mass is 10.3. The summed E-state index contributed by atoms with van der Waals surface area (Å²) in [6.45, 7) is 3.87. The minimum Gasteiger partial charge on any atom is -0.379 e. The van der Waals surface area contributed by atoms with E-state index in [1.165, 1.54) is 4.90 Å². The van der Waals surface area contributed by atoms with E-state index in [2.05, 4.69) is 4.90 Å². The molecule has 1 aliphatic rings. The third-order valence-corrected chi connectivity index (χ3v) is 2.68. The molecule has 2 N–H and O–H groups in total. The average Bonchev–Trinajstić information content (AvgIpc) is 2.25. The molecule has 0 atom stereocenters. The Hall–Kier alpha value is -0.370. The molecule has 0 amide bonds. The van der Waals surface area contributed by atoms with Crippen molar-refractivity contribution in [2.45, 2.75) is 6.18 Å². The van der Waals surface area contributed by atoms with Gasteiger partial charge >= 0.3 is 6.18 Å². The Morgan fingerprint density at radius 1 is 1.00 bits per heavy atom. The molecule has 0 unspecified atom stereocenters. The zero-order chi connectivity index (χ0) is 12.7. The molecule has 4 nitrogen and oxygen atoms in total. The van der Waals surface area contributed by atoms with Gasteiger partial charge < -0.3 is 10.5 Å². The van der Waals surface area contributed by atoms with E-state index in [1.54, 1.807) is 0 Å². The average molecular weight is 255 g/mol.